The van der Waals surface area contributed by atoms with Crippen molar-refractivity contribution < 1.29 is 9.90 Å². The van der Waals surface area contributed by atoms with Crippen LogP contribution >= 0.6 is 0 Å². The van der Waals surface area contributed by atoms with Crippen LogP contribution in [0.5, 0.6) is 0 Å². The zero-order chi connectivity index (χ0) is 11.8. The predicted octanol–water partition coefficient (Wildman–Crippen LogP) is 0.00980. The molecule has 1 rings (SSSR count). The van der Waals surface area contributed by atoms with E-state index in [1.807, 2.05) is 4.90 Å². The summed E-state index contributed by atoms with van der Waals surface area (Å²) in [5, 5.41) is 15.0. The van der Waals surface area contributed by atoms with Crippen molar-refractivity contribution in [2.45, 2.75) is 19.8 Å². The van der Waals surface area contributed by atoms with Gasteiger partial charge in [0.15, 0.2) is 0 Å². The number of aliphatic hydroxyl groups is 1. The molecule has 1 aliphatic rings. The summed E-state index contributed by atoms with van der Waals surface area (Å²) in [4.78, 5) is 13.0. The van der Waals surface area contributed by atoms with Gasteiger partial charge in [0, 0.05) is 32.8 Å². The van der Waals surface area contributed by atoms with Crippen molar-refractivity contribution in [3.05, 3.63) is 0 Å². The Morgan fingerprint density at radius 3 is 3.00 bits per heavy atom. The first kappa shape index (κ1) is 13.3. The summed E-state index contributed by atoms with van der Waals surface area (Å²) in [5.41, 5.74) is 0. The van der Waals surface area contributed by atoms with E-state index in [9.17, 15) is 4.79 Å². The maximum Gasteiger partial charge on any atom is 0.317 e. The fourth-order valence-corrected chi connectivity index (χ4v) is 1.88. The van der Waals surface area contributed by atoms with Crippen LogP contribution in [0.2, 0.25) is 0 Å². The Balaban J connectivity index is 2.04. The molecule has 1 unspecified atom stereocenters. The van der Waals surface area contributed by atoms with Crippen LogP contribution in [0.15, 0.2) is 0 Å². The number of amides is 2. The lowest BCUT2D eigenvalue weighted by atomic mass is 10.0. The Kier molecular flexibility index (Phi) is 6.18. The molecule has 94 valence electrons. The van der Waals surface area contributed by atoms with Gasteiger partial charge < -0.3 is 20.6 Å². The van der Waals surface area contributed by atoms with Crippen LogP contribution < -0.4 is 10.6 Å². The van der Waals surface area contributed by atoms with E-state index in [2.05, 4.69) is 17.6 Å². The molecule has 1 saturated heterocycles. The van der Waals surface area contributed by atoms with Crippen LogP contribution in [-0.4, -0.2) is 55.4 Å². The second kappa shape index (κ2) is 7.46. The maximum absolute atomic E-state index is 11.2. The van der Waals surface area contributed by atoms with E-state index in [1.54, 1.807) is 0 Å². The SMILES string of the molecule is CCC(CCO)CNCCN1CCNC1=O. The Morgan fingerprint density at radius 1 is 1.62 bits per heavy atom. The van der Waals surface area contributed by atoms with E-state index in [-0.39, 0.29) is 12.6 Å². The molecule has 0 bridgehead atoms. The Hall–Kier alpha value is -0.810. The minimum Gasteiger partial charge on any atom is -0.396 e. The van der Waals surface area contributed by atoms with Crippen LogP contribution in [-0.2, 0) is 0 Å². The Labute approximate surface area is 97.2 Å². The molecule has 0 aromatic carbocycles. The van der Waals surface area contributed by atoms with Crippen molar-refractivity contribution >= 4 is 6.03 Å². The first-order chi connectivity index (χ1) is 7.77. The fraction of sp³-hybridized carbons (Fsp3) is 0.909. The quantitative estimate of drug-likeness (QED) is 0.514. The van der Waals surface area contributed by atoms with E-state index in [0.29, 0.717) is 5.92 Å². The van der Waals surface area contributed by atoms with Crippen molar-refractivity contribution in [2.75, 3.05) is 39.3 Å². The molecule has 0 spiro atoms. The van der Waals surface area contributed by atoms with Gasteiger partial charge in [0.2, 0.25) is 0 Å². The molecule has 0 saturated carbocycles. The molecule has 1 heterocycles. The summed E-state index contributed by atoms with van der Waals surface area (Å²) in [6.45, 7) is 6.49. The molecule has 0 radical (unpaired) electrons. The average Bonchev–Trinajstić information content (AvgIpc) is 2.69. The molecule has 0 aromatic rings. The van der Waals surface area contributed by atoms with Crippen LogP contribution in [0, 0.1) is 5.92 Å². The predicted molar refractivity (Wildman–Crippen MR) is 63.3 cm³/mol. The van der Waals surface area contributed by atoms with Crippen LogP contribution in [0.4, 0.5) is 4.79 Å². The summed E-state index contributed by atoms with van der Waals surface area (Å²) in [6.07, 6.45) is 1.94. The van der Waals surface area contributed by atoms with Gasteiger partial charge in [0.05, 0.1) is 0 Å². The molecule has 16 heavy (non-hydrogen) atoms. The second-order valence-electron chi connectivity index (χ2n) is 4.21. The molecule has 1 fully saturated rings. The standard InChI is InChI=1S/C11H23N3O2/c1-2-10(3-8-15)9-12-4-6-14-7-5-13-11(14)16/h10,12,15H,2-9H2,1H3,(H,13,16). The summed E-state index contributed by atoms with van der Waals surface area (Å²) in [6, 6.07) is 0.0456. The number of aliphatic hydroxyl groups excluding tert-OH is 1. The van der Waals surface area contributed by atoms with E-state index in [1.165, 1.54) is 0 Å². The van der Waals surface area contributed by atoms with E-state index < -0.39 is 0 Å². The van der Waals surface area contributed by atoms with Gasteiger partial charge in [0.25, 0.3) is 0 Å². The highest BCUT2D eigenvalue weighted by Gasteiger charge is 2.18. The molecule has 3 N–H and O–H groups in total. The van der Waals surface area contributed by atoms with Gasteiger partial charge in [-0.15, -0.1) is 0 Å². The molecule has 2 amide bonds. The lowest BCUT2D eigenvalue weighted by Crippen LogP contribution is -2.36. The van der Waals surface area contributed by atoms with Crippen molar-refractivity contribution in [1.82, 2.24) is 15.5 Å². The molecule has 5 heteroatoms. The number of rotatable bonds is 8. The fourth-order valence-electron chi connectivity index (χ4n) is 1.88. The van der Waals surface area contributed by atoms with Crippen LogP contribution in [0.25, 0.3) is 0 Å². The molecule has 1 atom stereocenters. The van der Waals surface area contributed by atoms with Gasteiger partial charge in [0.1, 0.15) is 0 Å². The summed E-state index contributed by atoms with van der Waals surface area (Å²) >= 11 is 0. The summed E-state index contributed by atoms with van der Waals surface area (Å²) in [5.74, 6) is 0.539. The molecular formula is C11H23N3O2. The van der Waals surface area contributed by atoms with Crippen LogP contribution in [0.1, 0.15) is 19.8 Å². The number of hydrogen-bond donors (Lipinski definition) is 3. The van der Waals surface area contributed by atoms with Gasteiger partial charge in [-0.25, -0.2) is 4.79 Å². The summed E-state index contributed by atoms with van der Waals surface area (Å²) in [7, 11) is 0. The minimum absolute atomic E-state index is 0.0456. The van der Waals surface area contributed by atoms with Gasteiger partial charge in [-0.1, -0.05) is 13.3 Å². The first-order valence-electron chi connectivity index (χ1n) is 6.12. The van der Waals surface area contributed by atoms with Gasteiger partial charge in [-0.05, 0) is 18.9 Å². The highest BCUT2D eigenvalue weighted by molar-refractivity contribution is 5.76. The van der Waals surface area contributed by atoms with Crippen molar-refractivity contribution in [3.63, 3.8) is 0 Å². The third-order valence-corrected chi connectivity index (χ3v) is 3.05. The normalized spacial score (nSPS) is 17.6. The minimum atomic E-state index is 0.0456. The largest absolute Gasteiger partial charge is 0.396 e. The van der Waals surface area contributed by atoms with Crippen LogP contribution in [0.3, 0.4) is 0 Å². The monoisotopic (exact) mass is 229 g/mol. The zero-order valence-electron chi connectivity index (χ0n) is 10.0. The number of carbonyl (C=O) groups excluding carboxylic acids is 1. The molecule has 0 aromatic heterocycles. The zero-order valence-corrected chi connectivity index (χ0v) is 10.0. The third kappa shape index (κ3) is 4.37. The van der Waals surface area contributed by atoms with E-state index in [4.69, 9.17) is 5.11 Å². The van der Waals surface area contributed by atoms with Crippen molar-refractivity contribution in [3.8, 4) is 0 Å². The molecule has 5 nitrogen and oxygen atoms in total. The topological polar surface area (TPSA) is 64.6 Å². The second-order valence-corrected chi connectivity index (χ2v) is 4.21. The van der Waals surface area contributed by atoms with E-state index in [0.717, 1.165) is 45.6 Å². The molecular weight excluding hydrogens is 206 g/mol. The maximum atomic E-state index is 11.2. The average molecular weight is 229 g/mol. The number of urea groups is 1. The highest BCUT2D eigenvalue weighted by atomic mass is 16.3. The van der Waals surface area contributed by atoms with Gasteiger partial charge in [-0.2, -0.15) is 0 Å². The first-order valence-corrected chi connectivity index (χ1v) is 6.12. The number of hydrogen-bond acceptors (Lipinski definition) is 3. The van der Waals surface area contributed by atoms with Gasteiger partial charge >= 0.3 is 6.03 Å². The Morgan fingerprint density at radius 2 is 2.44 bits per heavy atom. The Bertz CT molecular complexity index is 211. The highest BCUT2D eigenvalue weighted by Crippen LogP contribution is 2.05. The third-order valence-electron chi connectivity index (χ3n) is 3.05. The number of nitrogens with zero attached hydrogens (tertiary/aromatic N) is 1. The summed E-state index contributed by atoms with van der Waals surface area (Å²) < 4.78 is 0. The van der Waals surface area contributed by atoms with Crippen molar-refractivity contribution in [2.24, 2.45) is 5.92 Å². The smallest absolute Gasteiger partial charge is 0.317 e. The lowest BCUT2D eigenvalue weighted by Gasteiger charge is -2.17. The number of nitrogens with one attached hydrogen (secondary N) is 2. The van der Waals surface area contributed by atoms with Crippen molar-refractivity contribution in [1.29, 1.82) is 0 Å². The molecule has 1 aliphatic heterocycles. The number of carbonyl (C=O) groups is 1. The molecule has 0 aliphatic carbocycles. The van der Waals surface area contributed by atoms with Gasteiger partial charge in [-0.3, -0.25) is 0 Å². The lowest BCUT2D eigenvalue weighted by molar-refractivity contribution is 0.216. The van der Waals surface area contributed by atoms with E-state index >= 15 is 0 Å².